The molecule has 0 amide bonds. The summed E-state index contributed by atoms with van der Waals surface area (Å²) in [5.41, 5.74) is 5.83. The van der Waals surface area contributed by atoms with Crippen molar-refractivity contribution in [2.75, 3.05) is 6.61 Å². The Morgan fingerprint density at radius 3 is 2.78 bits per heavy atom. The number of rotatable bonds is 5. The van der Waals surface area contributed by atoms with E-state index in [1.54, 1.807) is 6.92 Å². The zero-order valence-corrected chi connectivity index (χ0v) is 11.9. The minimum atomic E-state index is -2.64. The zero-order chi connectivity index (χ0) is 13.7. The van der Waals surface area contributed by atoms with Gasteiger partial charge in [0.25, 0.3) is 6.43 Å². The molecular weight excluding hydrogens is 357 g/mol. The molecule has 0 bridgehead atoms. The van der Waals surface area contributed by atoms with Crippen LogP contribution >= 0.6 is 22.6 Å². The van der Waals surface area contributed by atoms with Gasteiger partial charge in [-0.2, -0.15) is 0 Å². The molecule has 0 aliphatic heterocycles. The highest BCUT2D eigenvalue weighted by atomic mass is 127. The van der Waals surface area contributed by atoms with Crippen LogP contribution in [0.1, 0.15) is 30.2 Å². The van der Waals surface area contributed by atoms with Gasteiger partial charge in [-0.05, 0) is 35.6 Å². The number of aromatic nitrogens is 1. The van der Waals surface area contributed by atoms with Gasteiger partial charge in [0.1, 0.15) is 3.70 Å². The molecule has 1 aromatic rings. The number of esters is 1. The number of alkyl halides is 2. The molecule has 1 aromatic heterocycles. The molecule has 0 aliphatic carbocycles. The Hall–Kier alpha value is -0.830. The molecule has 0 saturated carbocycles. The van der Waals surface area contributed by atoms with Gasteiger partial charge in [-0.15, -0.1) is 0 Å². The van der Waals surface area contributed by atoms with Crippen molar-refractivity contribution < 1.29 is 18.3 Å². The lowest BCUT2D eigenvalue weighted by Crippen LogP contribution is -2.13. The highest BCUT2D eigenvalue weighted by Crippen LogP contribution is 2.26. The van der Waals surface area contributed by atoms with Crippen LogP contribution in [0.2, 0.25) is 0 Å². The van der Waals surface area contributed by atoms with Crippen LogP contribution in [0.15, 0.2) is 6.07 Å². The summed E-state index contributed by atoms with van der Waals surface area (Å²) in [6.45, 7) is 1.92. The normalized spacial score (nSPS) is 10.8. The van der Waals surface area contributed by atoms with E-state index >= 15 is 0 Å². The van der Waals surface area contributed by atoms with Gasteiger partial charge in [0, 0.05) is 17.7 Å². The number of carbonyl (C=O) groups excluding carboxylic acids is 1. The molecule has 0 atom stereocenters. The Morgan fingerprint density at radius 1 is 1.61 bits per heavy atom. The van der Waals surface area contributed by atoms with E-state index in [0.29, 0.717) is 9.26 Å². The topological polar surface area (TPSA) is 65.2 Å². The number of hydrogen-bond donors (Lipinski definition) is 1. The third-order valence-electron chi connectivity index (χ3n) is 2.23. The van der Waals surface area contributed by atoms with E-state index in [2.05, 4.69) is 4.98 Å². The summed E-state index contributed by atoms with van der Waals surface area (Å²) in [5.74, 6) is -0.485. The molecule has 0 aromatic carbocycles. The Kier molecular flexibility index (Phi) is 5.86. The molecule has 1 heterocycles. The van der Waals surface area contributed by atoms with Crippen molar-refractivity contribution in [1.29, 1.82) is 0 Å². The van der Waals surface area contributed by atoms with Crippen LogP contribution in [-0.2, 0) is 22.5 Å². The molecule has 0 fully saturated rings. The van der Waals surface area contributed by atoms with Crippen LogP contribution in [0.25, 0.3) is 0 Å². The van der Waals surface area contributed by atoms with Crippen LogP contribution in [-0.4, -0.2) is 17.6 Å². The van der Waals surface area contributed by atoms with Crippen LogP contribution in [0, 0.1) is 3.70 Å². The average Bonchev–Trinajstić information content (AvgIpc) is 2.28. The molecule has 100 valence electrons. The second-order valence-corrected chi connectivity index (χ2v) is 4.48. The number of carbonyl (C=O) groups is 1. The highest BCUT2D eigenvalue weighted by molar-refractivity contribution is 14.1. The molecule has 0 aliphatic rings. The van der Waals surface area contributed by atoms with Crippen LogP contribution in [0.4, 0.5) is 8.78 Å². The molecule has 1 rings (SSSR count). The molecule has 18 heavy (non-hydrogen) atoms. The number of nitrogens with two attached hydrogens (primary N) is 1. The maximum absolute atomic E-state index is 12.9. The monoisotopic (exact) mass is 370 g/mol. The van der Waals surface area contributed by atoms with Crippen molar-refractivity contribution in [2.45, 2.75) is 26.3 Å². The predicted octanol–water partition coefficient (Wildman–Crippen LogP) is 2.19. The number of pyridine rings is 1. The minimum absolute atomic E-state index is 0.00929. The third-order valence-corrected chi connectivity index (χ3v) is 3.12. The maximum atomic E-state index is 12.9. The first-order valence-corrected chi connectivity index (χ1v) is 6.39. The number of ether oxygens (including phenoxy) is 1. The van der Waals surface area contributed by atoms with E-state index in [9.17, 15) is 13.6 Å². The van der Waals surface area contributed by atoms with Gasteiger partial charge < -0.3 is 10.5 Å². The van der Waals surface area contributed by atoms with Crippen LogP contribution < -0.4 is 5.73 Å². The van der Waals surface area contributed by atoms with E-state index < -0.39 is 12.4 Å². The second kappa shape index (κ2) is 6.93. The minimum Gasteiger partial charge on any atom is -0.466 e. The van der Waals surface area contributed by atoms with Crippen molar-refractivity contribution in [3.8, 4) is 0 Å². The van der Waals surface area contributed by atoms with Crippen molar-refractivity contribution in [3.63, 3.8) is 0 Å². The quantitative estimate of drug-likeness (QED) is 0.490. The number of halogens is 3. The van der Waals surface area contributed by atoms with Gasteiger partial charge in [-0.25, -0.2) is 13.8 Å². The van der Waals surface area contributed by atoms with Crippen molar-refractivity contribution in [1.82, 2.24) is 4.98 Å². The molecule has 7 heteroatoms. The van der Waals surface area contributed by atoms with Gasteiger partial charge in [-0.3, -0.25) is 4.79 Å². The Balaban J connectivity index is 3.05. The average molecular weight is 370 g/mol. The summed E-state index contributed by atoms with van der Waals surface area (Å²) in [4.78, 5) is 15.4. The summed E-state index contributed by atoms with van der Waals surface area (Å²) < 4.78 is 30.9. The van der Waals surface area contributed by atoms with E-state index in [-0.39, 0.29) is 30.8 Å². The Morgan fingerprint density at radius 2 is 2.28 bits per heavy atom. The third kappa shape index (κ3) is 3.84. The molecule has 0 saturated heterocycles. The summed E-state index contributed by atoms with van der Waals surface area (Å²) in [7, 11) is 0. The van der Waals surface area contributed by atoms with Crippen molar-refractivity contribution in [2.24, 2.45) is 5.73 Å². The lowest BCUT2D eigenvalue weighted by atomic mass is 10.1. The first-order chi connectivity index (χ1) is 8.49. The SMILES string of the molecule is CCOC(=O)Cc1cc(C(F)F)c(CN)c(I)n1. The first kappa shape index (κ1) is 15.2. The summed E-state index contributed by atoms with van der Waals surface area (Å²) in [6.07, 6.45) is -2.75. The zero-order valence-electron chi connectivity index (χ0n) is 9.75. The molecule has 4 nitrogen and oxygen atoms in total. The van der Waals surface area contributed by atoms with Crippen LogP contribution in [0.5, 0.6) is 0 Å². The van der Waals surface area contributed by atoms with Gasteiger partial charge in [0.05, 0.1) is 18.7 Å². The van der Waals surface area contributed by atoms with E-state index in [0.717, 1.165) is 0 Å². The predicted molar refractivity (Wildman–Crippen MR) is 70.1 cm³/mol. The maximum Gasteiger partial charge on any atom is 0.311 e. The van der Waals surface area contributed by atoms with Gasteiger partial charge in [0.2, 0.25) is 0 Å². The lowest BCUT2D eigenvalue weighted by Gasteiger charge is -2.11. The van der Waals surface area contributed by atoms with Gasteiger partial charge in [0.15, 0.2) is 0 Å². The highest BCUT2D eigenvalue weighted by Gasteiger charge is 2.18. The fourth-order valence-corrected chi connectivity index (χ4v) is 2.30. The first-order valence-electron chi connectivity index (χ1n) is 5.31. The van der Waals surface area contributed by atoms with Crippen molar-refractivity contribution >= 4 is 28.6 Å². The second-order valence-electron chi connectivity index (χ2n) is 3.46. The van der Waals surface area contributed by atoms with Gasteiger partial charge in [-0.1, -0.05) is 0 Å². The molecule has 0 spiro atoms. The van der Waals surface area contributed by atoms with Crippen molar-refractivity contribution in [3.05, 3.63) is 26.6 Å². The van der Waals surface area contributed by atoms with Crippen LogP contribution in [0.3, 0.4) is 0 Å². The van der Waals surface area contributed by atoms with E-state index in [1.807, 2.05) is 22.6 Å². The Labute approximate surface area is 117 Å². The molecule has 2 N–H and O–H groups in total. The van der Waals surface area contributed by atoms with Gasteiger partial charge >= 0.3 is 5.97 Å². The molecule has 0 radical (unpaired) electrons. The van der Waals surface area contributed by atoms with E-state index in [4.69, 9.17) is 10.5 Å². The fraction of sp³-hybridized carbons (Fsp3) is 0.455. The smallest absolute Gasteiger partial charge is 0.311 e. The molecule has 0 unspecified atom stereocenters. The summed E-state index contributed by atoms with van der Waals surface area (Å²) in [6, 6.07) is 1.21. The molecular formula is C11H13F2IN2O2. The number of hydrogen-bond acceptors (Lipinski definition) is 4. The number of nitrogens with zero attached hydrogens (tertiary/aromatic N) is 1. The van der Waals surface area contributed by atoms with E-state index in [1.165, 1.54) is 6.07 Å². The fourth-order valence-electron chi connectivity index (χ4n) is 1.46. The summed E-state index contributed by atoms with van der Waals surface area (Å²) in [5, 5.41) is 0. The standard InChI is InChI=1S/C11H13F2IN2O2/c1-2-18-9(17)4-6-3-7(10(12)13)8(5-15)11(14)16-6/h3,10H,2,4-5,15H2,1H3. The Bertz CT molecular complexity index is 441. The largest absolute Gasteiger partial charge is 0.466 e. The summed E-state index contributed by atoms with van der Waals surface area (Å²) >= 11 is 1.84. The lowest BCUT2D eigenvalue weighted by molar-refractivity contribution is -0.142.